The second-order valence-electron chi connectivity index (χ2n) is 8.98. The molecule has 3 nitrogen and oxygen atoms in total. The number of aryl methyl sites for hydroxylation is 1. The first-order chi connectivity index (χ1) is 17.2. The standard InChI is InChI=1S/C32H22N2O/c1-21-10-12-22(13-11-21)24-16-19-31-28(20-24)33-32(35-31)23-14-17-25(18-15-23)34-29-8-4-2-6-26(29)27-7-3-5-9-30(27)34/h2-20H,1H3. The van der Waals surface area contributed by atoms with E-state index in [0.29, 0.717) is 5.89 Å². The topological polar surface area (TPSA) is 31.0 Å². The average Bonchev–Trinajstić information content (AvgIpc) is 3.48. The predicted molar refractivity (Wildman–Crippen MR) is 144 cm³/mol. The van der Waals surface area contributed by atoms with Crippen molar-refractivity contribution in [2.75, 3.05) is 0 Å². The summed E-state index contributed by atoms with van der Waals surface area (Å²) in [5.74, 6) is 0.634. The van der Waals surface area contributed by atoms with Crippen LogP contribution in [0.25, 0.3) is 61.2 Å². The zero-order chi connectivity index (χ0) is 23.4. The summed E-state index contributed by atoms with van der Waals surface area (Å²) < 4.78 is 8.43. The Morgan fingerprint density at radius 3 is 1.89 bits per heavy atom. The fourth-order valence-corrected chi connectivity index (χ4v) is 4.93. The number of aromatic nitrogens is 2. The molecule has 0 spiro atoms. The van der Waals surface area contributed by atoms with Crippen molar-refractivity contribution in [3.63, 3.8) is 0 Å². The van der Waals surface area contributed by atoms with Crippen LogP contribution in [0.15, 0.2) is 120 Å². The number of fused-ring (bicyclic) bond motifs is 4. The molecule has 35 heavy (non-hydrogen) atoms. The largest absolute Gasteiger partial charge is 0.436 e. The van der Waals surface area contributed by atoms with Gasteiger partial charge in [0.1, 0.15) is 5.52 Å². The van der Waals surface area contributed by atoms with Gasteiger partial charge in [0.2, 0.25) is 5.89 Å². The summed E-state index contributed by atoms with van der Waals surface area (Å²) in [7, 11) is 0. The summed E-state index contributed by atoms with van der Waals surface area (Å²) in [6, 6.07) is 40.3. The van der Waals surface area contributed by atoms with Crippen molar-refractivity contribution in [1.29, 1.82) is 0 Å². The van der Waals surface area contributed by atoms with E-state index in [1.165, 1.54) is 32.9 Å². The summed E-state index contributed by atoms with van der Waals surface area (Å²) >= 11 is 0. The lowest BCUT2D eigenvalue weighted by Crippen LogP contribution is -1.93. The van der Waals surface area contributed by atoms with Crippen LogP contribution in [0, 0.1) is 6.92 Å². The van der Waals surface area contributed by atoms with E-state index in [9.17, 15) is 0 Å². The van der Waals surface area contributed by atoms with Crippen LogP contribution in [0.5, 0.6) is 0 Å². The van der Waals surface area contributed by atoms with Crippen LogP contribution in [-0.4, -0.2) is 9.55 Å². The van der Waals surface area contributed by atoms with E-state index < -0.39 is 0 Å². The Labute approximate surface area is 202 Å². The van der Waals surface area contributed by atoms with Gasteiger partial charge in [0.05, 0.1) is 11.0 Å². The van der Waals surface area contributed by atoms with Crippen LogP contribution in [0.1, 0.15) is 5.56 Å². The molecule has 0 N–H and O–H groups in total. The second kappa shape index (κ2) is 7.71. The highest BCUT2D eigenvalue weighted by molar-refractivity contribution is 6.09. The minimum atomic E-state index is 0.634. The number of hydrogen-bond donors (Lipinski definition) is 0. The summed E-state index contributed by atoms with van der Waals surface area (Å²) in [5, 5.41) is 2.52. The lowest BCUT2D eigenvalue weighted by atomic mass is 10.0. The molecule has 0 amide bonds. The van der Waals surface area contributed by atoms with Crippen molar-refractivity contribution in [2.24, 2.45) is 0 Å². The zero-order valence-corrected chi connectivity index (χ0v) is 19.3. The number of rotatable bonds is 3. The highest BCUT2D eigenvalue weighted by Gasteiger charge is 2.13. The Kier molecular flexibility index (Phi) is 4.36. The van der Waals surface area contributed by atoms with Gasteiger partial charge < -0.3 is 8.98 Å². The number of para-hydroxylation sites is 2. The van der Waals surface area contributed by atoms with Crippen LogP contribution in [0.3, 0.4) is 0 Å². The monoisotopic (exact) mass is 450 g/mol. The number of nitrogens with zero attached hydrogens (tertiary/aromatic N) is 2. The Hall–Kier alpha value is -4.63. The van der Waals surface area contributed by atoms with Crippen LogP contribution in [-0.2, 0) is 0 Å². The molecule has 0 saturated heterocycles. The maximum atomic E-state index is 6.12. The quantitative estimate of drug-likeness (QED) is 0.270. The number of oxazole rings is 1. The molecule has 0 radical (unpaired) electrons. The Morgan fingerprint density at radius 1 is 0.600 bits per heavy atom. The number of benzene rings is 5. The normalized spacial score (nSPS) is 11.6. The molecule has 0 unspecified atom stereocenters. The van der Waals surface area contributed by atoms with E-state index in [1.54, 1.807) is 0 Å². The minimum absolute atomic E-state index is 0.634. The third-order valence-corrected chi connectivity index (χ3v) is 6.72. The SMILES string of the molecule is Cc1ccc(-c2ccc3oc(-c4ccc(-n5c6ccccc6c6ccccc65)cc4)nc3c2)cc1. The molecule has 2 aromatic heterocycles. The van der Waals surface area contributed by atoms with Gasteiger partial charge in [0.25, 0.3) is 0 Å². The fraction of sp³-hybridized carbons (Fsp3) is 0.0312. The molecule has 3 heteroatoms. The molecule has 7 rings (SSSR count). The molecule has 0 aliphatic heterocycles. The second-order valence-corrected chi connectivity index (χ2v) is 8.98. The van der Waals surface area contributed by atoms with Crippen molar-refractivity contribution in [1.82, 2.24) is 9.55 Å². The van der Waals surface area contributed by atoms with E-state index in [1.807, 2.05) is 6.07 Å². The smallest absolute Gasteiger partial charge is 0.227 e. The molecule has 0 atom stereocenters. The minimum Gasteiger partial charge on any atom is -0.436 e. The molecule has 166 valence electrons. The van der Waals surface area contributed by atoms with Crippen LogP contribution in [0.4, 0.5) is 0 Å². The molecule has 0 bridgehead atoms. The lowest BCUT2D eigenvalue weighted by Gasteiger charge is -2.08. The third kappa shape index (κ3) is 3.24. The Balaban J connectivity index is 1.28. The molecule has 0 aliphatic rings. The van der Waals surface area contributed by atoms with Crippen molar-refractivity contribution in [3.8, 4) is 28.3 Å². The summed E-state index contributed by atoms with van der Waals surface area (Å²) in [4.78, 5) is 4.81. The first kappa shape index (κ1) is 19.8. The van der Waals surface area contributed by atoms with Crippen molar-refractivity contribution >= 4 is 32.9 Å². The zero-order valence-electron chi connectivity index (χ0n) is 19.3. The van der Waals surface area contributed by atoms with E-state index in [2.05, 4.69) is 121 Å². The van der Waals surface area contributed by atoms with E-state index >= 15 is 0 Å². The van der Waals surface area contributed by atoms with Gasteiger partial charge >= 0.3 is 0 Å². The van der Waals surface area contributed by atoms with E-state index in [4.69, 9.17) is 9.40 Å². The molecule has 2 heterocycles. The van der Waals surface area contributed by atoms with Crippen LogP contribution < -0.4 is 0 Å². The van der Waals surface area contributed by atoms with Gasteiger partial charge in [-0.3, -0.25) is 0 Å². The van der Waals surface area contributed by atoms with Gasteiger partial charge in [-0.15, -0.1) is 0 Å². The molecular formula is C32H22N2O. The maximum absolute atomic E-state index is 6.12. The van der Waals surface area contributed by atoms with E-state index in [-0.39, 0.29) is 0 Å². The first-order valence-electron chi connectivity index (χ1n) is 11.8. The van der Waals surface area contributed by atoms with Gasteiger partial charge in [-0.25, -0.2) is 4.98 Å². The molecule has 5 aromatic carbocycles. The summed E-state index contributed by atoms with van der Waals surface area (Å²) in [5.41, 5.74) is 9.71. The summed E-state index contributed by atoms with van der Waals surface area (Å²) in [6.07, 6.45) is 0. The Bertz CT molecular complexity index is 1780. The number of hydrogen-bond acceptors (Lipinski definition) is 2. The maximum Gasteiger partial charge on any atom is 0.227 e. The van der Waals surface area contributed by atoms with Gasteiger partial charge in [-0.05, 0) is 66.6 Å². The van der Waals surface area contributed by atoms with Gasteiger partial charge in [-0.2, -0.15) is 0 Å². The highest BCUT2D eigenvalue weighted by atomic mass is 16.3. The lowest BCUT2D eigenvalue weighted by molar-refractivity contribution is 0.620. The van der Waals surface area contributed by atoms with Crippen molar-refractivity contribution in [2.45, 2.75) is 6.92 Å². The highest BCUT2D eigenvalue weighted by Crippen LogP contribution is 2.33. The van der Waals surface area contributed by atoms with Gasteiger partial charge in [-0.1, -0.05) is 72.3 Å². The van der Waals surface area contributed by atoms with Crippen LogP contribution >= 0.6 is 0 Å². The van der Waals surface area contributed by atoms with Gasteiger partial charge in [0, 0.05) is 22.0 Å². The van der Waals surface area contributed by atoms with Gasteiger partial charge in [0.15, 0.2) is 5.58 Å². The molecule has 0 saturated carbocycles. The van der Waals surface area contributed by atoms with Crippen molar-refractivity contribution < 1.29 is 4.42 Å². The summed E-state index contributed by atoms with van der Waals surface area (Å²) in [6.45, 7) is 2.10. The van der Waals surface area contributed by atoms with Crippen molar-refractivity contribution in [3.05, 3.63) is 121 Å². The molecule has 0 aliphatic carbocycles. The van der Waals surface area contributed by atoms with Crippen LogP contribution in [0.2, 0.25) is 0 Å². The molecule has 0 fully saturated rings. The fourth-order valence-electron chi connectivity index (χ4n) is 4.93. The molecule has 7 aromatic rings. The predicted octanol–water partition coefficient (Wildman–Crippen LogP) is 8.57. The van der Waals surface area contributed by atoms with E-state index in [0.717, 1.165) is 27.9 Å². The third-order valence-electron chi connectivity index (χ3n) is 6.72. The first-order valence-corrected chi connectivity index (χ1v) is 11.8. The Morgan fingerprint density at radius 2 is 1.20 bits per heavy atom. The average molecular weight is 451 g/mol. The molecular weight excluding hydrogens is 428 g/mol.